The van der Waals surface area contributed by atoms with Crippen molar-refractivity contribution in [3.8, 4) is 0 Å². The highest BCUT2D eigenvalue weighted by molar-refractivity contribution is 9.10. The monoisotopic (exact) mass is 392 g/mol. The summed E-state index contributed by atoms with van der Waals surface area (Å²) in [5, 5.41) is 0. The van der Waals surface area contributed by atoms with Crippen LogP contribution in [0.2, 0.25) is 0 Å². The normalized spacial score (nSPS) is 11.2. The van der Waals surface area contributed by atoms with Crippen molar-refractivity contribution in [3.05, 3.63) is 88.9 Å². The van der Waals surface area contributed by atoms with Crippen molar-refractivity contribution in [3.63, 3.8) is 0 Å². The minimum Gasteiger partial charge on any atom is -0.339 e. The summed E-state index contributed by atoms with van der Waals surface area (Å²) >= 11 is 3.44. The third-order valence-electron chi connectivity index (χ3n) is 3.91. The number of para-hydroxylation sites is 1. The van der Waals surface area contributed by atoms with Crippen LogP contribution in [0.1, 0.15) is 19.4 Å². The van der Waals surface area contributed by atoms with Gasteiger partial charge < -0.3 is 4.90 Å². The minimum absolute atomic E-state index is 0.375. The summed E-state index contributed by atoms with van der Waals surface area (Å²) in [4.78, 5) is 6.89. The van der Waals surface area contributed by atoms with Crippen molar-refractivity contribution in [1.82, 2.24) is 0 Å². The molecule has 0 saturated carbocycles. The van der Waals surface area contributed by atoms with Gasteiger partial charge in [-0.25, -0.2) is 0 Å². The summed E-state index contributed by atoms with van der Waals surface area (Å²) in [5.74, 6) is 0. The van der Waals surface area contributed by atoms with E-state index in [4.69, 9.17) is 0 Å². The fraction of sp³-hybridized carbons (Fsp3) is 0.136. The van der Waals surface area contributed by atoms with E-state index in [1.54, 1.807) is 0 Å². The van der Waals surface area contributed by atoms with Crippen LogP contribution >= 0.6 is 15.9 Å². The predicted octanol–water partition coefficient (Wildman–Crippen LogP) is 6.75. The maximum absolute atomic E-state index is 4.57. The van der Waals surface area contributed by atoms with Gasteiger partial charge in [-0.2, -0.15) is 0 Å². The zero-order valence-corrected chi connectivity index (χ0v) is 16.0. The Hall–Kier alpha value is -2.39. The Balaban J connectivity index is 1.80. The van der Waals surface area contributed by atoms with Crippen LogP contribution in [0.3, 0.4) is 0 Å². The summed E-state index contributed by atoms with van der Waals surface area (Å²) in [6.07, 6.45) is 1.89. The van der Waals surface area contributed by atoms with Gasteiger partial charge in [-0.3, -0.25) is 4.99 Å². The Bertz CT molecular complexity index is 822. The van der Waals surface area contributed by atoms with Gasteiger partial charge in [0.05, 0.1) is 5.69 Å². The van der Waals surface area contributed by atoms with Crippen molar-refractivity contribution >= 4 is 39.2 Å². The molecule has 0 aliphatic rings. The van der Waals surface area contributed by atoms with Gasteiger partial charge in [-0.1, -0.05) is 46.3 Å². The molecule has 0 atom stereocenters. The van der Waals surface area contributed by atoms with Crippen LogP contribution in [-0.4, -0.2) is 12.3 Å². The van der Waals surface area contributed by atoms with E-state index in [0.29, 0.717) is 6.04 Å². The number of hydrogen-bond donors (Lipinski definition) is 0. The first kappa shape index (κ1) is 17.4. The lowest BCUT2D eigenvalue weighted by atomic mass is 10.2. The largest absolute Gasteiger partial charge is 0.339 e. The molecule has 3 rings (SSSR count). The number of hydrogen-bond acceptors (Lipinski definition) is 2. The van der Waals surface area contributed by atoms with Gasteiger partial charge in [0.1, 0.15) is 0 Å². The molecule has 0 amide bonds. The van der Waals surface area contributed by atoms with Gasteiger partial charge in [0.25, 0.3) is 0 Å². The third-order valence-corrected chi connectivity index (χ3v) is 4.44. The van der Waals surface area contributed by atoms with Crippen molar-refractivity contribution in [2.45, 2.75) is 19.9 Å². The summed E-state index contributed by atoms with van der Waals surface area (Å²) in [7, 11) is 0. The molecule has 0 aliphatic heterocycles. The molecule has 0 N–H and O–H groups in total. The third kappa shape index (κ3) is 4.58. The second-order valence-corrected chi connectivity index (χ2v) is 7.04. The van der Waals surface area contributed by atoms with Gasteiger partial charge in [-0.05, 0) is 67.9 Å². The van der Waals surface area contributed by atoms with Crippen LogP contribution in [0.4, 0.5) is 17.1 Å². The Labute approximate surface area is 158 Å². The van der Waals surface area contributed by atoms with E-state index in [0.717, 1.165) is 15.7 Å². The van der Waals surface area contributed by atoms with Crippen LogP contribution in [0.15, 0.2) is 88.3 Å². The summed E-state index contributed by atoms with van der Waals surface area (Å²) < 4.78 is 1.07. The van der Waals surface area contributed by atoms with Gasteiger partial charge >= 0.3 is 0 Å². The highest BCUT2D eigenvalue weighted by Gasteiger charge is 2.12. The topological polar surface area (TPSA) is 15.6 Å². The fourth-order valence-corrected chi connectivity index (χ4v) is 3.00. The van der Waals surface area contributed by atoms with E-state index in [1.165, 1.54) is 11.4 Å². The van der Waals surface area contributed by atoms with Crippen molar-refractivity contribution in [2.24, 2.45) is 4.99 Å². The predicted molar refractivity (Wildman–Crippen MR) is 112 cm³/mol. The highest BCUT2D eigenvalue weighted by Crippen LogP contribution is 2.29. The maximum atomic E-state index is 4.57. The van der Waals surface area contributed by atoms with Gasteiger partial charge in [0, 0.05) is 28.1 Å². The van der Waals surface area contributed by atoms with Crippen molar-refractivity contribution in [2.75, 3.05) is 4.90 Å². The summed E-state index contributed by atoms with van der Waals surface area (Å²) in [6.45, 7) is 4.40. The van der Waals surface area contributed by atoms with E-state index in [1.807, 2.05) is 36.5 Å². The first-order valence-corrected chi connectivity index (χ1v) is 9.17. The second kappa shape index (κ2) is 8.13. The van der Waals surface area contributed by atoms with Crippen LogP contribution in [0.25, 0.3) is 0 Å². The Morgan fingerprint density at radius 1 is 0.800 bits per heavy atom. The molecule has 0 bridgehead atoms. The average molecular weight is 393 g/mol. The zero-order chi connectivity index (χ0) is 17.6. The lowest BCUT2D eigenvalue weighted by Crippen LogP contribution is -2.25. The van der Waals surface area contributed by atoms with Gasteiger partial charge in [0.2, 0.25) is 0 Å². The standard InChI is InChI=1S/C22H21BrN2/c1-17(2)25(21-6-4-3-5-7-21)22-14-12-20(13-15-22)24-16-18-8-10-19(23)11-9-18/h3-17H,1-2H3. The van der Waals surface area contributed by atoms with Crippen molar-refractivity contribution in [1.29, 1.82) is 0 Å². The maximum Gasteiger partial charge on any atom is 0.0631 e. The van der Waals surface area contributed by atoms with E-state index >= 15 is 0 Å². The Morgan fingerprint density at radius 3 is 2.00 bits per heavy atom. The molecule has 0 fully saturated rings. The van der Waals surface area contributed by atoms with Gasteiger partial charge in [0.15, 0.2) is 0 Å². The SMILES string of the molecule is CC(C)N(c1ccccc1)c1ccc(N=Cc2ccc(Br)cc2)cc1. The van der Waals surface area contributed by atoms with E-state index < -0.39 is 0 Å². The molecule has 3 aromatic carbocycles. The number of anilines is 2. The van der Waals surface area contributed by atoms with E-state index in [9.17, 15) is 0 Å². The van der Waals surface area contributed by atoms with Crippen LogP contribution < -0.4 is 4.90 Å². The molecule has 0 aliphatic carbocycles. The molecule has 3 heteroatoms. The Morgan fingerprint density at radius 2 is 1.40 bits per heavy atom. The molecule has 126 valence electrons. The fourth-order valence-electron chi connectivity index (χ4n) is 2.73. The first-order chi connectivity index (χ1) is 12.1. The average Bonchev–Trinajstić information content (AvgIpc) is 2.63. The smallest absolute Gasteiger partial charge is 0.0631 e. The van der Waals surface area contributed by atoms with Crippen LogP contribution in [0.5, 0.6) is 0 Å². The van der Waals surface area contributed by atoms with E-state index in [-0.39, 0.29) is 0 Å². The highest BCUT2D eigenvalue weighted by atomic mass is 79.9. The van der Waals surface area contributed by atoms with Gasteiger partial charge in [-0.15, -0.1) is 0 Å². The minimum atomic E-state index is 0.375. The molecule has 0 heterocycles. The first-order valence-electron chi connectivity index (χ1n) is 8.37. The molecule has 3 aromatic rings. The molecule has 25 heavy (non-hydrogen) atoms. The van der Waals surface area contributed by atoms with Crippen LogP contribution in [0, 0.1) is 0 Å². The quantitative estimate of drug-likeness (QED) is 0.438. The zero-order valence-electron chi connectivity index (χ0n) is 14.4. The second-order valence-electron chi connectivity index (χ2n) is 6.13. The lowest BCUT2D eigenvalue weighted by molar-refractivity contribution is 0.789. The molecular weight excluding hydrogens is 372 g/mol. The number of rotatable bonds is 5. The molecule has 0 spiro atoms. The number of aliphatic imine (C=N–C) groups is 1. The summed E-state index contributed by atoms with van der Waals surface area (Å²) in [6, 6.07) is 27.3. The number of benzene rings is 3. The Kier molecular flexibility index (Phi) is 5.67. The summed E-state index contributed by atoms with van der Waals surface area (Å²) in [5.41, 5.74) is 4.40. The molecule has 0 saturated heterocycles. The number of nitrogens with zero attached hydrogens (tertiary/aromatic N) is 2. The molecule has 0 unspecified atom stereocenters. The van der Waals surface area contributed by atoms with Crippen LogP contribution in [-0.2, 0) is 0 Å². The molecule has 2 nitrogen and oxygen atoms in total. The molecule has 0 radical (unpaired) electrons. The molecule has 0 aromatic heterocycles. The van der Waals surface area contributed by atoms with Crippen molar-refractivity contribution < 1.29 is 0 Å². The number of halogens is 1. The molecular formula is C22H21BrN2. The van der Waals surface area contributed by atoms with E-state index in [2.05, 4.69) is 88.2 Å². The lowest BCUT2D eigenvalue weighted by Gasteiger charge is -2.29.